The van der Waals surface area contributed by atoms with Gasteiger partial charge in [-0.3, -0.25) is 19.5 Å². The summed E-state index contributed by atoms with van der Waals surface area (Å²) in [6.45, 7) is 5.58. The van der Waals surface area contributed by atoms with Crippen LogP contribution in [0.15, 0.2) is 42.6 Å². The molecule has 0 bridgehead atoms. The topological polar surface area (TPSA) is 203 Å². The molecule has 0 radical (unpaired) electrons. The quantitative estimate of drug-likeness (QED) is 0.0956. The summed E-state index contributed by atoms with van der Waals surface area (Å²) in [5.41, 5.74) is 4.95. The number of quaternary nitrogens is 1. The Balaban J connectivity index is 0.947. The normalized spacial score (nSPS) is 19.7. The molecule has 6 N–H and O–H groups in total. The molecule has 62 heavy (non-hydrogen) atoms. The molecule has 3 saturated heterocycles. The minimum atomic E-state index is -4.87. The molecule has 0 aliphatic carbocycles. The molecule has 332 valence electrons. The molecule has 2 aromatic heterocycles. The number of aliphatic carboxylic acids is 1. The van der Waals surface area contributed by atoms with Crippen LogP contribution in [0, 0.1) is 11.7 Å². The van der Waals surface area contributed by atoms with E-state index in [-0.39, 0.29) is 82.0 Å². The summed E-state index contributed by atoms with van der Waals surface area (Å²) in [5.74, 6) is -3.13. The van der Waals surface area contributed by atoms with Crippen LogP contribution >= 0.6 is 11.6 Å². The predicted molar refractivity (Wildman–Crippen MR) is 219 cm³/mol. The van der Waals surface area contributed by atoms with Gasteiger partial charge in [-0.15, -0.1) is 0 Å². The van der Waals surface area contributed by atoms with Gasteiger partial charge in [0.25, 0.3) is 11.8 Å². The van der Waals surface area contributed by atoms with E-state index in [4.69, 9.17) is 22.1 Å². The molecule has 3 fully saturated rings. The van der Waals surface area contributed by atoms with E-state index in [1.807, 2.05) is 4.90 Å². The van der Waals surface area contributed by atoms with E-state index in [9.17, 15) is 37.5 Å². The fourth-order valence-electron chi connectivity index (χ4n) is 8.53. The third-order valence-corrected chi connectivity index (χ3v) is 12.2. The van der Waals surface area contributed by atoms with Crippen LogP contribution in [0.3, 0.4) is 0 Å². The maximum absolute atomic E-state index is 15.5. The van der Waals surface area contributed by atoms with Crippen molar-refractivity contribution in [2.75, 3.05) is 95.4 Å². The number of rotatable bonds is 13. The van der Waals surface area contributed by atoms with Crippen molar-refractivity contribution < 1.29 is 51.1 Å². The van der Waals surface area contributed by atoms with Gasteiger partial charge in [-0.25, -0.2) is 14.2 Å². The molecule has 3 aliphatic rings. The van der Waals surface area contributed by atoms with Gasteiger partial charge in [-0.1, -0.05) is 11.6 Å². The van der Waals surface area contributed by atoms with E-state index in [1.54, 1.807) is 15.9 Å². The number of carboxylic acid groups (broad SMARTS) is 1. The van der Waals surface area contributed by atoms with Gasteiger partial charge in [0.15, 0.2) is 18.1 Å². The Morgan fingerprint density at radius 2 is 1.71 bits per heavy atom. The molecule has 16 nitrogen and oxygen atoms in total. The van der Waals surface area contributed by atoms with Gasteiger partial charge in [0.05, 0.1) is 49.1 Å². The Hall–Kier alpha value is -5.57. The number of alkyl halides is 3. The van der Waals surface area contributed by atoms with Crippen LogP contribution in [0.5, 0.6) is 0 Å². The fraction of sp³-hybridized carbons (Fsp3) is 0.463. The highest BCUT2D eigenvalue weighted by Gasteiger charge is 2.41. The summed E-state index contributed by atoms with van der Waals surface area (Å²) in [7, 11) is 0. The van der Waals surface area contributed by atoms with Crippen molar-refractivity contribution in [2.24, 2.45) is 11.7 Å². The monoisotopic (exact) mass is 887 g/mol. The maximum Gasteiger partial charge on any atom is 0.435 e. The van der Waals surface area contributed by atoms with Crippen LogP contribution in [0.25, 0.3) is 11.3 Å². The molecule has 5 heterocycles. The standard InChI is InChI=1S/C41H47ClF4N10O6/c42-32-21-26(2-4-29(32)40(61)55-11-9-54(10-12-55)39(60)25-6-16-56(17-7-25,15-1-8-47)24-34(57)58)50-38(59)37-48-23-27(49-37)20-31-35(51-52-36(31)41(44,45)46)30-5-3-28(22-33(30)43)53-13-18-62-19-14-53/h2-5,21-23,25H,1,6-20,24,47H2,(H3-,48,49,50,51,52,57,58,59,61)/p+1. The van der Waals surface area contributed by atoms with Gasteiger partial charge in [0.1, 0.15) is 5.82 Å². The van der Waals surface area contributed by atoms with Crippen LogP contribution in [-0.2, 0) is 26.9 Å². The number of likely N-dealkylation sites (tertiary alicyclic amines) is 1. The number of carboxylic acids is 1. The molecular weight excluding hydrogens is 840 g/mol. The van der Waals surface area contributed by atoms with Crippen molar-refractivity contribution in [1.29, 1.82) is 0 Å². The first-order valence-electron chi connectivity index (χ1n) is 20.4. The average Bonchev–Trinajstić information content (AvgIpc) is 3.91. The van der Waals surface area contributed by atoms with Gasteiger partial charge >= 0.3 is 12.1 Å². The number of ether oxygens (including phenoxy) is 1. The highest BCUT2D eigenvalue weighted by atomic mass is 35.5. The number of carbonyl (C=O) groups excluding carboxylic acids is 3. The van der Waals surface area contributed by atoms with E-state index in [0.29, 0.717) is 95.0 Å². The number of piperazine rings is 1. The number of benzene rings is 2. The van der Waals surface area contributed by atoms with Gasteiger partial charge in [0, 0.05) is 105 Å². The average molecular weight is 888 g/mol. The van der Waals surface area contributed by atoms with E-state index < -0.39 is 36.0 Å². The SMILES string of the molecule is NCCC[N+]1(CC(=O)O)CCC(C(=O)N2CCN(C(=O)c3ccc(NC(=O)c4ncc(Cc5c(C(F)(F)F)n[nH]c5-c5ccc(N6CCOCC6)cc5F)[nH]4)cc3Cl)CC2)CC1. The molecule has 0 atom stereocenters. The number of H-pyrrole nitrogens is 2. The number of aromatic amines is 2. The molecule has 0 spiro atoms. The van der Waals surface area contributed by atoms with Crippen molar-refractivity contribution in [3.63, 3.8) is 0 Å². The molecule has 3 aliphatic heterocycles. The van der Waals surface area contributed by atoms with E-state index in [1.165, 1.54) is 36.5 Å². The van der Waals surface area contributed by atoms with Crippen LogP contribution in [0.4, 0.5) is 28.9 Å². The number of morpholine rings is 1. The summed E-state index contributed by atoms with van der Waals surface area (Å²) in [6, 6.07) is 8.62. The molecule has 0 unspecified atom stereocenters. The van der Waals surface area contributed by atoms with Crippen molar-refractivity contribution >= 4 is 46.7 Å². The van der Waals surface area contributed by atoms with Crippen LogP contribution in [-0.4, -0.2) is 148 Å². The fourth-order valence-corrected chi connectivity index (χ4v) is 8.79. The third-order valence-electron chi connectivity index (χ3n) is 11.8. The second-order valence-corrected chi connectivity index (χ2v) is 16.3. The first kappa shape index (κ1) is 44.5. The Kier molecular flexibility index (Phi) is 13.5. The number of nitrogens with two attached hydrogens (primary N) is 1. The van der Waals surface area contributed by atoms with Crippen molar-refractivity contribution in [3.8, 4) is 11.3 Å². The van der Waals surface area contributed by atoms with Gasteiger partial charge in [-0.05, 0) is 42.9 Å². The Bertz CT molecular complexity index is 2280. The smallest absolute Gasteiger partial charge is 0.435 e. The number of anilines is 2. The van der Waals surface area contributed by atoms with Crippen LogP contribution in [0.1, 0.15) is 57.2 Å². The third kappa shape index (κ3) is 10.0. The van der Waals surface area contributed by atoms with Crippen molar-refractivity contribution in [2.45, 2.75) is 31.9 Å². The lowest BCUT2D eigenvalue weighted by atomic mass is 9.92. The Morgan fingerprint density at radius 1 is 1.00 bits per heavy atom. The Labute approximate surface area is 358 Å². The maximum atomic E-state index is 15.5. The summed E-state index contributed by atoms with van der Waals surface area (Å²) in [4.78, 5) is 63.8. The molecular formula is C41H48ClF4N10O6+. The summed E-state index contributed by atoms with van der Waals surface area (Å²) in [6.07, 6.45) is -2.20. The minimum Gasteiger partial charge on any atom is -0.477 e. The lowest BCUT2D eigenvalue weighted by Gasteiger charge is -2.44. The first-order chi connectivity index (χ1) is 29.6. The van der Waals surface area contributed by atoms with Gasteiger partial charge < -0.3 is 45.1 Å². The van der Waals surface area contributed by atoms with E-state index >= 15 is 4.39 Å². The number of imidazole rings is 1. The van der Waals surface area contributed by atoms with E-state index in [2.05, 4.69) is 25.5 Å². The van der Waals surface area contributed by atoms with Crippen LogP contribution in [0.2, 0.25) is 5.02 Å². The zero-order valence-corrected chi connectivity index (χ0v) is 34.5. The van der Waals surface area contributed by atoms with Crippen LogP contribution < -0.4 is 16.0 Å². The summed E-state index contributed by atoms with van der Waals surface area (Å²) >= 11 is 6.53. The lowest BCUT2D eigenvalue weighted by Crippen LogP contribution is -2.58. The Morgan fingerprint density at radius 3 is 2.35 bits per heavy atom. The number of nitrogens with zero attached hydrogens (tertiary/aromatic N) is 6. The number of hydrogen-bond donors (Lipinski definition) is 5. The minimum absolute atomic E-state index is 0.00375. The highest BCUT2D eigenvalue weighted by molar-refractivity contribution is 6.34. The van der Waals surface area contributed by atoms with Gasteiger partial charge in [-0.2, -0.15) is 18.3 Å². The number of aromatic nitrogens is 4. The zero-order chi connectivity index (χ0) is 44.2. The summed E-state index contributed by atoms with van der Waals surface area (Å²) in [5, 5.41) is 18.0. The lowest BCUT2D eigenvalue weighted by molar-refractivity contribution is -0.926. The number of carbonyl (C=O) groups is 4. The number of nitrogens with one attached hydrogen (secondary N) is 3. The molecule has 4 aromatic rings. The molecule has 3 amide bonds. The second-order valence-electron chi connectivity index (χ2n) is 15.9. The molecule has 2 aromatic carbocycles. The van der Waals surface area contributed by atoms with Crippen molar-refractivity contribution in [3.05, 3.63) is 81.8 Å². The molecule has 7 rings (SSSR count). The first-order valence-corrected chi connectivity index (χ1v) is 20.8. The number of amides is 3. The van der Waals surface area contributed by atoms with E-state index in [0.717, 1.165) is 0 Å². The number of piperidine rings is 1. The highest BCUT2D eigenvalue weighted by Crippen LogP contribution is 2.38. The van der Waals surface area contributed by atoms with Gasteiger partial charge in [0.2, 0.25) is 5.91 Å². The largest absolute Gasteiger partial charge is 0.477 e. The number of hydrogen-bond acceptors (Lipinski definition) is 9. The predicted octanol–water partition coefficient (Wildman–Crippen LogP) is 4.24. The molecule has 0 saturated carbocycles. The second kappa shape index (κ2) is 18.8. The zero-order valence-electron chi connectivity index (χ0n) is 33.8. The van der Waals surface area contributed by atoms with Crippen molar-refractivity contribution in [1.82, 2.24) is 30.0 Å². The number of halogens is 5. The summed E-state index contributed by atoms with van der Waals surface area (Å²) < 4.78 is 63.6. The molecule has 21 heteroatoms.